The van der Waals surface area contributed by atoms with Crippen LogP contribution in [0.4, 0.5) is 0 Å². The summed E-state index contributed by atoms with van der Waals surface area (Å²) in [7, 11) is 0. The third-order valence-corrected chi connectivity index (χ3v) is 6.08. The Morgan fingerprint density at radius 2 is 1.83 bits per heavy atom. The molecule has 6 heteroatoms. The van der Waals surface area contributed by atoms with Crippen molar-refractivity contribution in [2.75, 3.05) is 0 Å². The number of allylic oxidation sites excluding steroid dienone is 1. The van der Waals surface area contributed by atoms with Gasteiger partial charge in [-0.1, -0.05) is 51.9 Å². The number of hydrogen-bond acceptors (Lipinski definition) is 6. The van der Waals surface area contributed by atoms with Crippen molar-refractivity contribution in [2.24, 2.45) is 10.7 Å². The quantitative estimate of drug-likeness (QED) is 0.374. The summed E-state index contributed by atoms with van der Waals surface area (Å²) in [4.78, 5) is 19.3. The van der Waals surface area contributed by atoms with Crippen LogP contribution in [0.2, 0.25) is 0 Å². The van der Waals surface area contributed by atoms with E-state index in [1.165, 1.54) is 38.5 Å². The first kappa shape index (κ1) is 24.7. The summed E-state index contributed by atoms with van der Waals surface area (Å²) in [5.41, 5.74) is 6.96. The molecule has 1 saturated heterocycles. The van der Waals surface area contributed by atoms with E-state index < -0.39 is 5.60 Å². The molecule has 0 bridgehead atoms. The number of aliphatic hydroxyl groups excluding tert-OH is 1. The molecule has 30 heavy (non-hydrogen) atoms. The summed E-state index contributed by atoms with van der Waals surface area (Å²) in [5, 5.41) is 10.6. The van der Waals surface area contributed by atoms with Crippen molar-refractivity contribution in [3.8, 4) is 0 Å². The largest absolute Gasteiger partial charge is 0.456 e. The predicted molar refractivity (Wildman–Crippen MR) is 122 cm³/mol. The van der Waals surface area contributed by atoms with Crippen LogP contribution in [0.3, 0.4) is 0 Å². The third-order valence-electron chi connectivity index (χ3n) is 6.08. The van der Waals surface area contributed by atoms with E-state index in [1.54, 1.807) is 0 Å². The highest BCUT2D eigenvalue weighted by atomic mass is 16.6. The molecule has 2 aliphatic rings. The Morgan fingerprint density at radius 1 is 1.20 bits per heavy atom. The first-order valence-electron chi connectivity index (χ1n) is 11.9. The maximum absolute atomic E-state index is 12.8. The number of unbranched alkanes of at least 4 members (excludes halogenated alkanes) is 6. The van der Waals surface area contributed by atoms with E-state index in [2.05, 4.69) is 11.9 Å². The highest BCUT2D eigenvalue weighted by Gasteiger charge is 2.43. The van der Waals surface area contributed by atoms with Gasteiger partial charge in [0, 0.05) is 6.04 Å². The lowest BCUT2D eigenvalue weighted by Crippen LogP contribution is -2.50. The second-order valence-electron chi connectivity index (χ2n) is 9.92. The van der Waals surface area contributed by atoms with Crippen LogP contribution < -0.4 is 5.73 Å². The lowest BCUT2D eigenvalue weighted by Gasteiger charge is -2.36. The van der Waals surface area contributed by atoms with Crippen molar-refractivity contribution in [3.05, 3.63) is 11.3 Å². The normalized spacial score (nSPS) is 22.7. The lowest BCUT2D eigenvalue weighted by molar-refractivity contribution is -0.150. The highest BCUT2D eigenvalue weighted by Crippen LogP contribution is 2.36. The van der Waals surface area contributed by atoms with Gasteiger partial charge in [-0.15, -0.1) is 0 Å². The molecule has 0 aromatic carbocycles. The zero-order valence-electron chi connectivity index (χ0n) is 19.7. The summed E-state index contributed by atoms with van der Waals surface area (Å²) >= 11 is 0. The molecular formula is C24H43N3O3. The molecule has 0 unspecified atom stereocenters. The first-order chi connectivity index (χ1) is 14.1. The molecule has 3 atom stereocenters. The molecule has 0 radical (unpaired) electrons. The monoisotopic (exact) mass is 421 g/mol. The summed E-state index contributed by atoms with van der Waals surface area (Å²) in [6, 6.07) is 0.0111. The molecule has 0 aromatic heterocycles. The first-order valence-corrected chi connectivity index (χ1v) is 11.9. The number of esters is 1. The minimum atomic E-state index is -0.549. The Labute approximate surface area is 182 Å². The van der Waals surface area contributed by atoms with Crippen LogP contribution in [0, 0.1) is 0 Å². The topological polar surface area (TPSA) is 88.1 Å². The minimum Gasteiger partial charge on any atom is -0.456 e. The van der Waals surface area contributed by atoms with E-state index in [9.17, 15) is 9.90 Å². The molecule has 0 aliphatic carbocycles. The highest BCUT2D eigenvalue weighted by molar-refractivity contribution is 5.95. The number of carbonyl (C=O) groups is 1. The van der Waals surface area contributed by atoms with E-state index in [-0.39, 0.29) is 24.2 Å². The van der Waals surface area contributed by atoms with Gasteiger partial charge in [0.15, 0.2) is 5.96 Å². The van der Waals surface area contributed by atoms with Crippen LogP contribution in [0.1, 0.15) is 105 Å². The number of fused-ring (bicyclic) bond motifs is 1. The molecule has 0 amide bonds. The number of rotatable bonds is 11. The summed E-state index contributed by atoms with van der Waals surface area (Å²) in [6.45, 7) is 9.67. The summed E-state index contributed by atoms with van der Waals surface area (Å²) in [6.07, 6.45) is 11.6. The van der Waals surface area contributed by atoms with Crippen LogP contribution in [-0.2, 0) is 9.53 Å². The van der Waals surface area contributed by atoms with Crippen molar-refractivity contribution in [1.29, 1.82) is 0 Å². The molecule has 6 nitrogen and oxygen atoms in total. The van der Waals surface area contributed by atoms with E-state index in [4.69, 9.17) is 10.5 Å². The van der Waals surface area contributed by atoms with E-state index >= 15 is 0 Å². The van der Waals surface area contributed by atoms with Gasteiger partial charge in [0.25, 0.3) is 0 Å². The Morgan fingerprint density at radius 3 is 2.47 bits per heavy atom. The van der Waals surface area contributed by atoms with Crippen LogP contribution in [0.15, 0.2) is 16.3 Å². The van der Waals surface area contributed by atoms with E-state index in [1.807, 2.05) is 32.6 Å². The zero-order chi connectivity index (χ0) is 22.3. The fraction of sp³-hybridized carbons (Fsp3) is 0.833. The Hall–Kier alpha value is -1.56. The summed E-state index contributed by atoms with van der Waals surface area (Å²) < 4.78 is 5.62. The van der Waals surface area contributed by atoms with Crippen molar-refractivity contribution in [2.45, 2.75) is 129 Å². The number of guanidine groups is 1. The van der Waals surface area contributed by atoms with Crippen LogP contribution >= 0.6 is 0 Å². The Bertz CT molecular complexity index is 636. The standard InChI is InChI=1S/C24H43N3O3/c1-6-7-8-9-10-11-12-13-19(28)16-18-14-15-20-21(22(29)30-24(3,4)5)17(2)26-23(25)27(18)20/h18-20,28H,6-16H2,1-5H3,(H2,25,26)/t18-,19-,20-/m0/s1. The fourth-order valence-electron chi connectivity index (χ4n) is 4.66. The van der Waals surface area contributed by atoms with Gasteiger partial charge < -0.3 is 20.5 Å². The number of aliphatic hydroxyl groups is 1. The maximum atomic E-state index is 12.8. The zero-order valence-corrected chi connectivity index (χ0v) is 19.7. The van der Waals surface area contributed by atoms with Crippen LogP contribution in [-0.4, -0.2) is 45.7 Å². The van der Waals surface area contributed by atoms with Gasteiger partial charge in [0.2, 0.25) is 0 Å². The van der Waals surface area contributed by atoms with Crippen molar-refractivity contribution < 1.29 is 14.6 Å². The number of carbonyl (C=O) groups excluding carboxylic acids is 1. The molecule has 0 spiro atoms. The Kier molecular flexibility index (Phi) is 9.20. The predicted octanol–water partition coefficient (Wildman–Crippen LogP) is 4.66. The van der Waals surface area contributed by atoms with E-state index in [0.717, 1.165) is 25.7 Å². The van der Waals surface area contributed by atoms with Gasteiger partial charge in [-0.05, 0) is 53.4 Å². The van der Waals surface area contributed by atoms with E-state index in [0.29, 0.717) is 23.7 Å². The van der Waals surface area contributed by atoms with Crippen molar-refractivity contribution in [3.63, 3.8) is 0 Å². The van der Waals surface area contributed by atoms with Gasteiger partial charge in [-0.25, -0.2) is 9.79 Å². The molecule has 2 heterocycles. The molecular weight excluding hydrogens is 378 g/mol. The number of ether oxygens (including phenoxy) is 1. The smallest absolute Gasteiger partial charge is 0.338 e. The van der Waals surface area contributed by atoms with Gasteiger partial charge in [0.05, 0.1) is 23.4 Å². The Balaban J connectivity index is 1.89. The number of aliphatic imine (C=N–C) groups is 1. The van der Waals surface area contributed by atoms with Gasteiger partial charge >= 0.3 is 5.97 Å². The van der Waals surface area contributed by atoms with Gasteiger partial charge in [-0.2, -0.15) is 0 Å². The molecule has 3 N–H and O–H groups in total. The molecule has 172 valence electrons. The summed E-state index contributed by atoms with van der Waals surface area (Å²) in [5.74, 6) is 0.144. The van der Waals surface area contributed by atoms with Crippen LogP contribution in [0.25, 0.3) is 0 Å². The molecule has 0 saturated carbocycles. The molecule has 0 aromatic rings. The third kappa shape index (κ3) is 7.00. The molecule has 2 aliphatic heterocycles. The number of nitrogens with two attached hydrogens (primary N) is 1. The number of nitrogens with zero attached hydrogens (tertiary/aromatic N) is 2. The van der Waals surface area contributed by atoms with Crippen molar-refractivity contribution in [1.82, 2.24) is 4.90 Å². The SMILES string of the molecule is CCCCCCCCC[C@H](O)C[C@@H]1CC[C@H]2C(C(=O)OC(C)(C)C)=C(C)N=C(N)N12. The molecule has 2 rings (SSSR count). The second-order valence-corrected chi connectivity index (χ2v) is 9.92. The maximum Gasteiger partial charge on any atom is 0.338 e. The number of hydrogen-bond donors (Lipinski definition) is 2. The fourth-order valence-corrected chi connectivity index (χ4v) is 4.66. The van der Waals surface area contributed by atoms with Gasteiger partial charge in [-0.3, -0.25) is 0 Å². The molecule has 1 fully saturated rings. The second kappa shape index (κ2) is 11.2. The van der Waals surface area contributed by atoms with Gasteiger partial charge in [0.1, 0.15) is 5.60 Å². The lowest BCUT2D eigenvalue weighted by atomic mass is 10.0. The average molecular weight is 422 g/mol. The minimum absolute atomic E-state index is 0.104. The van der Waals surface area contributed by atoms with Crippen molar-refractivity contribution >= 4 is 11.9 Å². The van der Waals surface area contributed by atoms with Crippen LogP contribution in [0.5, 0.6) is 0 Å². The average Bonchev–Trinajstić information content (AvgIpc) is 3.03.